The molecule has 0 bridgehead atoms. The first-order chi connectivity index (χ1) is 27.1. The molecule has 0 unspecified atom stereocenters. The minimum atomic E-state index is -4.46. The highest BCUT2D eigenvalue weighted by Gasteiger charge is 2.33. The third-order valence-electron chi connectivity index (χ3n) is 12.0. The minimum Gasteiger partial charge on any atom is -0.369 e. The number of anilines is 2. The predicted molar refractivity (Wildman–Crippen MR) is 217 cm³/mol. The molecule has 6 rings (SSSR count). The van der Waals surface area contributed by atoms with Crippen LogP contribution < -0.4 is 15.1 Å². The van der Waals surface area contributed by atoms with Crippen molar-refractivity contribution in [3.05, 3.63) is 54.3 Å². The summed E-state index contributed by atoms with van der Waals surface area (Å²) >= 11 is 0. The lowest BCUT2D eigenvalue weighted by Crippen LogP contribution is -2.47. The van der Waals surface area contributed by atoms with Crippen molar-refractivity contribution in [1.29, 1.82) is 0 Å². The Hall–Kier alpha value is -3.27. The first kappa shape index (κ1) is 44.8. The van der Waals surface area contributed by atoms with Gasteiger partial charge in [0.2, 0.25) is 5.91 Å². The van der Waals surface area contributed by atoms with E-state index in [-0.39, 0.29) is 17.6 Å². The first-order valence-corrected chi connectivity index (χ1v) is 22.6. The monoisotopic (exact) mass is 822 g/mol. The Morgan fingerprint density at radius 3 is 1.70 bits per heavy atom. The number of Topliss-reactive ketones (excluding diaryl/α,β-unsaturated/α-hetero) is 1. The summed E-state index contributed by atoms with van der Waals surface area (Å²) in [6.45, 7) is 14.1. The van der Waals surface area contributed by atoms with Crippen LogP contribution in [0.2, 0.25) is 0 Å². The van der Waals surface area contributed by atoms with Crippen LogP contribution in [-0.2, 0) is 19.4 Å². The van der Waals surface area contributed by atoms with Crippen molar-refractivity contribution in [3.8, 4) is 0 Å². The Labute approximate surface area is 336 Å². The summed E-state index contributed by atoms with van der Waals surface area (Å²) in [6, 6.07) is 13.8. The molecule has 1 amide bonds. The van der Waals surface area contributed by atoms with Crippen molar-refractivity contribution in [2.24, 2.45) is 11.8 Å². The Bertz CT molecular complexity index is 1680. The highest BCUT2D eigenvalue weighted by Crippen LogP contribution is 2.29. The number of rotatable bonds is 13. The highest BCUT2D eigenvalue weighted by molar-refractivity contribution is 7.90. The smallest absolute Gasteiger partial charge is 0.369 e. The van der Waals surface area contributed by atoms with Crippen molar-refractivity contribution >= 4 is 32.9 Å². The van der Waals surface area contributed by atoms with E-state index in [9.17, 15) is 35.6 Å². The number of likely N-dealkylation sites (tertiary alicyclic amines) is 1. The van der Waals surface area contributed by atoms with E-state index >= 15 is 0 Å². The number of carbonyl (C=O) groups is 2. The molecule has 3 saturated heterocycles. The zero-order chi connectivity index (χ0) is 41.0. The second-order valence-corrected chi connectivity index (χ2v) is 18.5. The quantitative estimate of drug-likeness (QED) is 0.249. The van der Waals surface area contributed by atoms with Crippen LogP contribution in [0.15, 0.2) is 53.4 Å². The number of ketones is 1. The molecule has 0 aromatic heterocycles. The number of nitrogens with zero attached hydrogens (tertiary/aromatic N) is 5. The molecule has 3 aliphatic heterocycles. The van der Waals surface area contributed by atoms with Crippen LogP contribution in [0.3, 0.4) is 0 Å². The summed E-state index contributed by atoms with van der Waals surface area (Å²) in [5.74, 6) is 0.520. The number of hydrogen-bond acceptors (Lipinski definition) is 9. The van der Waals surface area contributed by atoms with E-state index in [2.05, 4.69) is 29.8 Å². The zero-order valence-electron chi connectivity index (χ0n) is 33.7. The molecule has 1 aliphatic carbocycles. The minimum absolute atomic E-state index is 0.146. The normalized spacial score (nSPS) is 22.1. The molecule has 57 heavy (non-hydrogen) atoms. The molecule has 1 saturated carbocycles. The number of carbonyl (C=O) groups excluding carboxylic acids is 2. The van der Waals surface area contributed by atoms with Crippen LogP contribution in [0, 0.1) is 17.7 Å². The molecule has 2 aromatic rings. The lowest BCUT2D eigenvalue weighted by molar-refractivity contribution is -0.154. The van der Waals surface area contributed by atoms with E-state index in [0.29, 0.717) is 17.4 Å². The number of alkyl halides is 3. The number of benzene rings is 2. The fourth-order valence-electron chi connectivity index (χ4n) is 8.58. The molecule has 0 spiro atoms. The maximum Gasteiger partial charge on any atom is 0.397 e. The lowest BCUT2D eigenvalue weighted by atomic mass is 9.84. The van der Waals surface area contributed by atoms with E-state index in [4.69, 9.17) is 0 Å². The number of piperazine rings is 2. The molecule has 2 aromatic carbocycles. The van der Waals surface area contributed by atoms with Crippen LogP contribution in [-0.4, -0.2) is 138 Å². The van der Waals surface area contributed by atoms with Crippen molar-refractivity contribution in [3.63, 3.8) is 0 Å². The second-order valence-electron chi connectivity index (χ2n) is 16.5. The van der Waals surface area contributed by atoms with Crippen LogP contribution in [0.1, 0.15) is 64.7 Å². The van der Waals surface area contributed by atoms with Gasteiger partial charge in [-0.15, -0.1) is 0 Å². The predicted octanol–water partition coefficient (Wildman–Crippen LogP) is 5.87. The first-order valence-electron chi connectivity index (χ1n) is 20.7. The van der Waals surface area contributed by atoms with Crippen LogP contribution in [0.25, 0.3) is 0 Å². The summed E-state index contributed by atoms with van der Waals surface area (Å²) < 4.78 is 73.8. The van der Waals surface area contributed by atoms with E-state index in [1.165, 1.54) is 31.6 Å². The van der Waals surface area contributed by atoms with E-state index < -0.39 is 28.3 Å². The zero-order valence-corrected chi connectivity index (χ0v) is 34.5. The number of amides is 1. The number of sulfone groups is 1. The number of piperidine rings is 1. The Morgan fingerprint density at radius 1 is 0.702 bits per heavy atom. The Kier molecular flexibility index (Phi) is 16.6. The van der Waals surface area contributed by atoms with Gasteiger partial charge in [-0.1, -0.05) is 12.1 Å². The van der Waals surface area contributed by atoms with Gasteiger partial charge in [-0.05, 0) is 133 Å². The van der Waals surface area contributed by atoms with Crippen LogP contribution >= 0.6 is 0 Å². The van der Waals surface area contributed by atoms with Gasteiger partial charge < -0.3 is 15.1 Å². The summed E-state index contributed by atoms with van der Waals surface area (Å²) in [5, 5.41) is 2.52. The van der Waals surface area contributed by atoms with Gasteiger partial charge in [0.15, 0.2) is 9.84 Å². The summed E-state index contributed by atoms with van der Waals surface area (Å²) in [4.78, 5) is 34.7. The SMILES string of the molecule is CC(=O)CN1CCC(CCN2CCN(c3cccc(F)c3)CC2)CC1.CS(=O)(=O)c1cccc(N2CCN(CCC3CCC(NC(=O)CC(F)(F)F)CC3)CC2)c1. The molecular weight excluding hydrogens is 761 g/mol. The summed E-state index contributed by atoms with van der Waals surface area (Å²) in [6.07, 6.45) is 3.42. The molecule has 0 radical (unpaired) electrons. The van der Waals surface area contributed by atoms with Crippen LogP contribution in [0.4, 0.5) is 28.9 Å². The average Bonchev–Trinajstić information content (AvgIpc) is 3.17. The molecule has 15 heteroatoms. The van der Waals surface area contributed by atoms with Gasteiger partial charge in [-0.3, -0.25) is 24.3 Å². The highest BCUT2D eigenvalue weighted by atomic mass is 32.2. The number of hydrogen-bond donors (Lipinski definition) is 1. The van der Waals surface area contributed by atoms with Gasteiger partial charge in [-0.2, -0.15) is 13.2 Å². The molecule has 4 aliphatic rings. The van der Waals surface area contributed by atoms with E-state index in [0.717, 1.165) is 128 Å². The molecule has 318 valence electrons. The van der Waals surface area contributed by atoms with Crippen molar-refractivity contribution in [2.45, 2.75) is 81.8 Å². The number of nitrogens with one attached hydrogen (secondary N) is 1. The maximum absolute atomic E-state index is 13.4. The standard InChI is InChI=1S/C22H32F3N3O3S.C20H30FN3O/c1-32(30,31)20-4-2-3-19(15-20)28-13-11-27(12-14-28)10-9-17-5-7-18(8-6-17)26-21(29)16-22(23,24)25;1-17(25)16-23-9-6-18(7-10-23)5-8-22-11-13-24(14-12-22)20-4-2-3-19(21)15-20/h2-4,15,17-18H,5-14,16H2,1H3,(H,26,29);2-4,15,18H,5-14,16H2,1H3. The third kappa shape index (κ3) is 15.4. The van der Waals surface area contributed by atoms with Gasteiger partial charge in [-0.25, -0.2) is 12.8 Å². The van der Waals surface area contributed by atoms with Gasteiger partial charge in [0.1, 0.15) is 18.0 Å². The average molecular weight is 823 g/mol. The summed E-state index contributed by atoms with van der Waals surface area (Å²) in [5.41, 5.74) is 1.93. The van der Waals surface area contributed by atoms with Gasteiger partial charge >= 0.3 is 6.18 Å². The van der Waals surface area contributed by atoms with E-state index in [1.807, 2.05) is 12.1 Å². The molecule has 3 heterocycles. The third-order valence-corrected chi connectivity index (χ3v) is 13.1. The molecule has 0 atom stereocenters. The van der Waals surface area contributed by atoms with Gasteiger partial charge in [0.05, 0.1) is 11.4 Å². The summed E-state index contributed by atoms with van der Waals surface area (Å²) in [7, 11) is -3.23. The van der Waals surface area contributed by atoms with Gasteiger partial charge in [0, 0.05) is 76.0 Å². The molecule has 1 N–H and O–H groups in total. The van der Waals surface area contributed by atoms with Gasteiger partial charge in [0.25, 0.3) is 0 Å². The number of halogens is 4. The fourth-order valence-corrected chi connectivity index (χ4v) is 9.24. The molecule has 10 nitrogen and oxygen atoms in total. The topological polar surface area (TPSA) is 96.5 Å². The van der Waals surface area contributed by atoms with Crippen molar-refractivity contribution in [1.82, 2.24) is 20.0 Å². The van der Waals surface area contributed by atoms with Crippen LogP contribution in [0.5, 0.6) is 0 Å². The second kappa shape index (κ2) is 21.1. The molecular formula is C42H62F4N6O4S. The lowest BCUT2D eigenvalue weighted by Gasteiger charge is -2.37. The maximum atomic E-state index is 13.4. The largest absolute Gasteiger partial charge is 0.397 e. The van der Waals surface area contributed by atoms with E-state index in [1.54, 1.807) is 37.3 Å². The fraction of sp³-hybridized carbons (Fsp3) is 0.667. The van der Waals surface area contributed by atoms with Crippen molar-refractivity contribution < 1.29 is 35.6 Å². The molecule has 4 fully saturated rings. The Balaban J connectivity index is 0.000000224. The van der Waals surface area contributed by atoms with Crippen molar-refractivity contribution in [2.75, 3.05) is 101 Å². The Morgan fingerprint density at radius 2 is 1.21 bits per heavy atom.